The predicted molar refractivity (Wildman–Crippen MR) is 81.1 cm³/mol. The molecule has 0 radical (unpaired) electrons. The normalized spacial score (nSPS) is 15.9. The first kappa shape index (κ1) is 17.1. The van der Waals surface area contributed by atoms with Crippen molar-refractivity contribution in [3.05, 3.63) is 52.2 Å². The number of hydrogen-bond donors (Lipinski definition) is 0. The Morgan fingerprint density at radius 1 is 1.32 bits per heavy atom. The largest absolute Gasteiger partial charge is 0.416 e. The first-order valence-corrected chi connectivity index (χ1v) is 8.93. The van der Waals surface area contributed by atoms with Gasteiger partial charge in [-0.25, -0.2) is 8.42 Å². The number of halogens is 4. The molecule has 0 atom stereocenters. The molecule has 0 aliphatic carbocycles. The molecule has 22 heavy (non-hydrogen) atoms. The van der Waals surface area contributed by atoms with Gasteiger partial charge in [-0.2, -0.15) is 13.2 Å². The van der Waals surface area contributed by atoms with Crippen LogP contribution in [0.3, 0.4) is 0 Å². The molecule has 1 aliphatic heterocycles. The molecule has 0 fully saturated rings. The van der Waals surface area contributed by atoms with Crippen molar-refractivity contribution in [1.29, 1.82) is 0 Å². The number of rotatable bonds is 3. The lowest BCUT2D eigenvalue weighted by Crippen LogP contribution is -2.22. The lowest BCUT2D eigenvalue weighted by Gasteiger charge is -2.24. The van der Waals surface area contributed by atoms with E-state index in [1.54, 1.807) is 17.2 Å². The third-order valence-corrected chi connectivity index (χ3v) is 4.74. The molecule has 120 valence electrons. The van der Waals surface area contributed by atoms with Crippen LogP contribution in [0.15, 0.2) is 45.9 Å². The summed E-state index contributed by atoms with van der Waals surface area (Å²) in [6.07, 6.45) is 1.51. The van der Waals surface area contributed by atoms with Crippen molar-refractivity contribution >= 4 is 25.8 Å². The number of nitrogens with zero attached hydrogens (tertiary/aromatic N) is 1. The molecule has 1 heterocycles. The van der Waals surface area contributed by atoms with Crippen LogP contribution < -0.4 is 0 Å². The highest BCUT2D eigenvalue weighted by Gasteiger charge is 2.34. The standard InChI is InChI=1S/C14H13BrF3NO2S/c1-22(20,21)12-5-4-10(13(7-12)14(16,17)18)8-19-6-2-3-11(15)9-19/h2-7H,8-9H2,1H3. The molecule has 0 saturated carbocycles. The minimum atomic E-state index is -4.61. The van der Waals surface area contributed by atoms with Crippen LogP contribution in [0.4, 0.5) is 13.2 Å². The molecule has 1 aromatic rings. The number of allylic oxidation sites excluding steroid dienone is 2. The highest BCUT2D eigenvalue weighted by Crippen LogP contribution is 2.34. The Hall–Kier alpha value is -1.28. The van der Waals surface area contributed by atoms with Crippen LogP contribution in [0.5, 0.6) is 0 Å². The minimum Gasteiger partial charge on any atom is -0.368 e. The van der Waals surface area contributed by atoms with Crippen molar-refractivity contribution in [2.24, 2.45) is 0 Å². The van der Waals surface area contributed by atoms with Crippen molar-refractivity contribution in [3.8, 4) is 0 Å². The number of benzene rings is 1. The molecule has 0 aromatic heterocycles. The highest BCUT2D eigenvalue weighted by atomic mass is 79.9. The summed E-state index contributed by atoms with van der Waals surface area (Å²) in [6, 6.07) is 3.13. The molecule has 1 aromatic carbocycles. The molecule has 0 unspecified atom stereocenters. The Labute approximate surface area is 135 Å². The summed E-state index contributed by atoms with van der Waals surface area (Å²) in [5.41, 5.74) is -0.888. The van der Waals surface area contributed by atoms with Crippen LogP contribution in [-0.4, -0.2) is 26.1 Å². The summed E-state index contributed by atoms with van der Waals surface area (Å²) in [5.74, 6) is 0. The van der Waals surface area contributed by atoms with Gasteiger partial charge >= 0.3 is 6.18 Å². The third-order valence-electron chi connectivity index (χ3n) is 3.12. The van der Waals surface area contributed by atoms with Crippen LogP contribution in [0.25, 0.3) is 0 Å². The van der Waals surface area contributed by atoms with E-state index in [0.717, 1.165) is 10.7 Å². The van der Waals surface area contributed by atoms with Gasteiger partial charge in [0.25, 0.3) is 0 Å². The Morgan fingerprint density at radius 2 is 2.00 bits per heavy atom. The number of hydrogen-bond acceptors (Lipinski definition) is 3. The van der Waals surface area contributed by atoms with Crippen molar-refractivity contribution < 1.29 is 21.6 Å². The van der Waals surface area contributed by atoms with Gasteiger partial charge in [-0.15, -0.1) is 0 Å². The minimum absolute atomic E-state index is 0.0340. The molecule has 0 bridgehead atoms. The Bertz CT molecular complexity index is 739. The van der Waals surface area contributed by atoms with E-state index in [4.69, 9.17) is 0 Å². The molecule has 8 heteroatoms. The fourth-order valence-electron chi connectivity index (χ4n) is 2.08. The molecule has 3 nitrogen and oxygen atoms in total. The number of alkyl halides is 3. The summed E-state index contributed by atoms with van der Waals surface area (Å²) in [4.78, 5) is 1.37. The van der Waals surface area contributed by atoms with E-state index in [-0.39, 0.29) is 17.0 Å². The second-order valence-electron chi connectivity index (χ2n) is 4.95. The molecule has 0 spiro atoms. The van der Waals surface area contributed by atoms with Crippen molar-refractivity contribution in [1.82, 2.24) is 4.90 Å². The van der Waals surface area contributed by atoms with Crippen LogP contribution in [-0.2, 0) is 22.6 Å². The van der Waals surface area contributed by atoms with Gasteiger partial charge in [0.1, 0.15) is 0 Å². The monoisotopic (exact) mass is 395 g/mol. The fraction of sp³-hybridized carbons (Fsp3) is 0.286. The van der Waals surface area contributed by atoms with Crippen LogP contribution in [0.1, 0.15) is 11.1 Å². The summed E-state index contributed by atoms with van der Waals surface area (Å²) in [7, 11) is -3.69. The van der Waals surface area contributed by atoms with Crippen LogP contribution in [0, 0.1) is 0 Å². The van der Waals surface area contributed by atoms with Gasteiger partial charge in [-0.05, 0) is 36.0 Å². The van der Waals surface area contributed by atoms with E-state index in [1.165, 1.54) is 12.1 Å². The maximum absolute atomic E-state index is 13.2. The Balaban J connectivity index is 2.39. The van der Waals surface area contributed by atoms with Crippen molar-refractivity contribution in [2.75, 3.05) is 12.8 Å². The van der Waals surface area contributed by atoms with Gasteiger partial charge in [0, 0.05) is 23.8 Å². The highest BCUT2D eigenvalue weighted by molar-refractivity contribution is 9.11. The lowest BCUT2D eigenvalue weighted by molar-refractivity contribution is -0.138. The maximum atomic E-state index is 13.2. The molecule has 0 N–H and O–H groups in total. The number of sulfone groups is 1. The van der Waals surface area contributed by atoms with Crippen LogP contribution in [0.2, 0.25) is 0 Å². The lowest BCUT2D eigenvalue weighted by atomic mass is 10.1. The van der Waals surface area contributed by atoms with E-state index in [0.29, 0.717) is 12.6 Å². The van der Waals surface area contributed by atoms with Gasteiger partial charge in [-0.1, -0.05) is 22.0 Å². The first-order chi connectivity index (χ1) is 10.1. The first-order valence-electron chi connectivity index (χ1n) is 6.24. The third kappa shape index (κ3) is 4.13. The summed E-state index contributed by atoms with van der Waals surface area (Å²) >= 11 is 3.30. The van der Waals surface area contributed by atoms with Crippen molar-refractivity contribution in [3.63, 3.8) is 0 Å². The zero-order valence-electron chi connectivity index (χ0n) is 11.6. The second kappa shape index (κ2) is 6.08. The zero-order valence-corrected chi connectivity index (χ0v) is 14.0. The zero-order chi connectivity index (χ0) is 16.5. The van der Waals surface area contributed by atoms with Gasteiger partial charge in [-0.3, -0.25) is 0 Å². The SMILES string of the molecule is CS(=O)(=O)c1ccc(CN2C=CC=C(Br)C2)c(C(F)(F)F)c1. The van der Waals surface area contributed by atoms with Gasteiger partial charge in [0.2, 0.25) is 0 Å². The average Bonchev–Trinajstić information content (AvgIpc) is 2.36. The Kier molecular flexibility index (Phi) is 4.72. The molecule has 1 aliphatic rings. The van der Waals surface area contributed by atoms with E-state index < -0.39 is 21.6 Å². The predicted octanol–water partition coefficient (Wildman–Crippen LogP) is 3.72. The quantitative estimate of drug-likeness (QED) is 0.782. The Morgan fingerprint density at radius 3 is 2.55 bits per heavy atom. The van der Waals surface area contributed by atoms with Gasteiger partial charge in [0.15, 0.2) is 9.84 Å². The fourth-order valence-corrected chi connectivity index (χ4v) is 3.21. The molecule has 0 amide bonds. The van der Waals surface area contributed by atoms with Gasteiger partial charge < -0.3 is 4.90 Å². The summed E-state index contributed by atoms with van der Waals surface area (Å²) in [6.45, 7) is 0.500. The van der Waals surface area contributed by atoms with Crippen molar-refractivity contribution in [2.45, 2.75) is 17.6 Å². The average molecular weight is 396 g/mol. The molecule has 0 saturated heterocycles. The summed E-state index contributed by atoms with van der Waals surface area (Å²) in [5, 5.41) is 0. The molecule has 2 rings (SSSR count). The van der Waals surface area contributed by atoms with E-state index in [9.17, 15) is 21.6 Å². The maximum Gasteiger partial charge on any atom is 0.416 e. The van der Waals surface area contributed by atoms with Crippen LogP contribution >= 0.6 is 15.9 Å². The van der Waals surface area contributed by atoms with E-state index in [2.05, 4.69) is 15.9 Å². The summed E-state index contributed by atoms with van der Waals surface area (Å²) < 4.78 is 63.4. The van der Waals surface area contributed by atoms with E-state index in [1.807, 2.05) is 6.08 Å². The second-order valence-corrected chi connectivity index (χ2v) is 7.98. The molecular formula is C14H13BrF3NO2S. The van der Waals surface area contributed by atoms with E-state index >= 15 is 0 Å². The smallest absolute Gasteiger partial charge is 0.368 e. The molecular weight excluding hydrogens is 383 g/mol. The topological polar surface area (TPSA) is 37.4 Å². The van der Waals surface area contributed by atoms with Gasteiger partial charge in [0.05, 0.1) is 10.5 Å².